The molecule has 3 rings (SSSR count). The van der Waals surface area contributed by atoms with Crippen molar-refractivity contribution in [1.82, 2.24) is 19.7 Å². The molecule has 0 aliphatic heterocycles. The van der Waals surface area contributed by atoms with Crippen LogP contribution >= 0.6 is 0 Å². The van der Waals surface area contributed by atoms with E-state index in [0.717, 1.165) is 35.5 Å². The number of hydrogen-bond acceptors (Lipinski definition) is 5. The summed E-state index contributed by atoms with van der Waals surface area (Å²) in [6.45, 7) is 4.69. The smallest absolute Gasteiger partial charge is 0.396 e. The number of aromatic nitrogens is 4. The largest absolute Gasteiger partial charge is 0.416 e. The van der Waals surface area contributed by atoms with Gasteiger partial charge in [0, 0.05) is 30.1 Å². The zero-order chi connectivity index (χ0) is 21.0. The highest BCUT2D eigenvalue weighted by atomic mass is 19.4. The van der Waals surface area contributed by atoms with Crippen LogP contribution in [0.2, 0.25) is 0 Å². The summed E-state index contributed by atoms with van der Waals surface area (Å²) >= 11 is 0. The van der Waals surface area contributed by atoms with Crippen molar-refractivity contribution in [3.63, 3.8) is 0 Å². The Morgan fingerprint density at radius 3 is 2.45 bits per heavy atom. The summed E-state index contributed by atoms with van der Waals surface area (Å²) in [5.41, 5.74) is 3.04. The molecule has 2 N–H and O–H groups in total. The lowest BCUT2D eigenvalue weighted by Crippen LogP contribution is -2.04. The molecule has 0 fully saturated rings. The van der Waals surface area contributed by atoms with Gasteiger partial charge >= 0.3 is 6.18 Å². The number of benzene rings is 1. The third-order valence-electron chi connectivity index (χ3n) is 4.53. The van der Waals surface area contributed by atoms with Crippen molar-refractivity contribution in [2.75, 3.05) is 11.9 Å². The van der Waals surface area contributed by atoms with Gasteiger partial charge in [0.2, 0.25) is 0 Å². The van der Waals surface area contributed by atoms with Crippen molar-refractivity contribution in [3.05, 3.63) is 53.6 Å². The Bertz CT molecular complexity index is 967. The van der Waals surface area contributed by atoms with Gasteiger partial charge in [-0.2, -0.15) is 18.3 Å². The van der Waals surface area contributed by atoms with Crippen LogP contribution in [0.15, 0.2) is 36.7 Å². The maximum absolute atomic E-state index is 12.7. The fraction of sp³-hybridized carbons (Fsp3) is 0.350. The molecule has 154 valence electrons. The SMILES string of the molecule is Cc1nn(CCCCO)c(C)c1-c1cncc(Nc2ccc(C(F)(F)F)cc2)n1. The lowest BCUT2D eigenvalue weighted by atomic mass is 10.1. The normalized spacial score (nSPS) is 11.7. The second-order valence-electron chi connectivity index (χ2n) is 6.69. The van der Waals surface area contributed by atoms with Crippen molar-refractivity contribution in [2.24, 2.45) is 0 Å². The Balaban J connectivity index is 1.81. The molecule has 29 heavy (non-hydrogen) atoms. The van der Waals surface area contributed by atoms with E-state index in [2.05, 4.69) is 20.4 Å². The molecular formula is C20H22F3N5O. The van der Waals surface area contributed by atoms with Gasteiger partial charge in [0.15, 0.2) is 0 Å². The van der Waals surface area contributed by atoms with Crippen molar-refractivity contribution >= 4 is 11.5 Å². The molecule has 6 nitrogen and oxygen atoms in total. The molecule has 9 heteroatoms. The van der Waals surface area contributed by atoms with Crippen molar-refractivity contribution in [1.29, 1.82) is 0 Å². The highest BCUT2D eigenvalue weighted by Crippen LogP contribution is 2.31. The van der Waals surface area contributed by atoms with Crippen molar-refractivity contribution < 1.29 is 18.3 Å². The number of rotatable bonds is 7. The number of aryl methyl sites for hydroxylation is 2. The number of nitrogens with zero attached hydrogens (tertiary/aromatic N) is 4. The van der Waals surface area contributed by atoms with E-state index in [1.165, 1.54) is 18.3 Å². The molecule has 0 radical (unpaired) electrons. The first-order valence-corrected chi connectivity index (χ1v) is 9.21. The number of unbranched alkanes of at least 4 members (excludes halogenated alkanes) is 1. The highest BCUT2D eigenvalue weighted by molar-refractivity contribution is 5.66. The van der Waals surface area contributed by atoms with E-state index in [4.69, 9.17) is 5.11 Å². The minimum absolute atomic E-state index is 0.148. The average Bonchev–Trinajstić information content (AvgIpc) is 2.95. The molecule has 3 aromatic rings. The summed E-state index contributed by atoms with van der Waals surface area (Å²) in [7, 11) is 0. The molecule has 0 saturated carbocycles. The quantitative estimate of drug-likeness (QED) is 0.567. The molecular weight excluding hydrogens is 383 g/mol. The number of anilines is 2. The summed E-state index contributed by atoms with van der Waals surface area (Å²) in [6, 6.07) is 4.74. The van der Waals surface area contributed by atoms with Crippen LogP contribution in [0.25, 0.3) is 11.3 Å². The van der Waals surface area contributed by atoms with Gasteiger partial charge in [0.25, 0.3) is 0 Å². The van der Waals surface area contributed by atoms with E-state index < -0.39 is 11.7 Å². The van der Waals surface area contributed by atoms with Gasteiger partial charge in [-0.3, -0.25) is 9.67 Å². The van der Waals surface area contributed by atoms with Crippen LogP contribution in [0.1, 0.15) is 29.8 Å². The van der Waals surface area contributed by atoms with Gasteiger partial charge in [0.05, 0.1) is 29.3 Å². The molecule has 2 aromatic heterocycles. The summed E-state index contributed by atoms with van der Waals surface area (Å²) in [6.07, 6.45) is 0.300. The summed E-state index contributed by atoms with van der Waals surface area (Å²) < 4.78 is 40.0. The average molecular weight is 405 g/mol. The van der Waals surface area contributed by atoms with E-state index in [1.807, 2.05) is 18.5 Å². The molecule has 0 aliphatic carbocycles. The highest BCUT2D eigenvalue weighted by Gasteiger charge is 2.29. The van der Waals surface area contributed by atoms with E-state index in [9.17, 15) is 13.2 Å². The molecule has 2 heterocycles. The second-order valence-corrected chi connectivity index (χ2v) is 6.69. The second kappa shape index (κ2) is 8.60. The standard InChI is InChI=1S/C20H22F3N5O/c1-13-19(14(2)28(27-13)9-3-4-10-29)17-11-24-12-18(26-17)25-16-7-5-15(6-8-16)20(21,22)23/h5-8,11-12,29H,3-4,9-10H2,1-2H3,(H,25,26). The predicted octanol–water partition coefficient (Wildman–Crippen LogP) is 4.49. The van der Waals surface area contributed by atoms with Crippen molar-refractivity contribution in [3.8, 4) is 11.3 Å². The molecule has 0 unspecified atom stereocenters. The van der Waals surface area contributed by atoms with E-state index >= 15 is 0 Å². The molecule has 0 bridgehead atoms. The van der Waals surface area contributed by atoms with E-state index in [-0.39, 0.29) is 6.61 Å². The Hall–Kier alpha value is -2.94. The minimum atomic E-state index is -4.37. The monoisotopic (exact) mass is 405 g/mol. The zero-order valence-corrected chi connectivity index (χ0v) is 16.2. The first-order chi connectivity index (χ1) is 13.8. The fourth-order valence-electron chi connectivity index (χ4n) is 3.10. The maximum atomic E-state index is 12.7. The van der Waals surface area contributed by atoms with Crippen LogP contribution in [0.5, 0.6) is 0 Å². The zero-order valence-electron chi connectivity index (χ0n) is 16.2. The van der Waals surface area contributed by atoms with Crippen LogP contribution < -0.4 is 5.32 Å². The van der Waals surface area contributed by atoms with Gasteiger partial charge in [-0.25, -0.2) is 4.98 Å². The summed E-state index contributed by atoms with van der Waals surface area (Å²) in [5, 5.41) is 16.5. The molecule has 0 spiro atoms. The summed E-state index contributed by atoms with van der Waals surface area (Å²) in [5.74, 6) is 0.425. The van der Waals surface area contributed by atoms with E-state index in [1.54, 1.807) is 6.20 Å². The van der Waals surface area contributed by atoms with Gasteiger partial charge in [-0.05, 0) is 51.0 Å². The number of aliphatic hydroxyl groups excluding tert-OH is 1. The van der Waals surface area contributed by atoms with Crippen molar-refractivity contribution in [2.45, 2.75) is 39.4 Å². The predicted molar refractivity (Wildman–Crippen MR) is 104 cm³/mol. The van der Waals surface area contributed by atoms with Crippen LogP contribution in [0.4, 0.5) is 24.7 Å². The molecule has 0 amide bonds. The number of nitrogens with one attached hydrogen (secondary N) is 1. The first kappa shape index (κ1) is 20.8. The third-order valence-corrected chi connectivity index (χ3v) is 4.53. The van der Waals surface area contributed by atoms with E-state index in [0.29, 0.717) is 30.2 Å². The van der Waals surface area contributed by atoms with Crippen LogP contribution in [-0.2, 0) is 12.7 Å². The fourth-order valence-corrected chi connectivity index (χ4v) is 3.10. The Kier molecular flexibility index (Phi) is 6.17. The molecule has 1 aromatic carbocycles. The third kappa shape index (κ3) is 4.92. The number of aliphatic hydroxyl groups is 1. The van der Waals surface area contributed by atoms with Gasteiger partial charge in [-0.15, -0.1) is 0 Å². The van der Waals surface area contributed by atoms with Crippen LogP contribution in [0.3, 0.4) is 0 Å². The number of hydrogen-bond donors (Lipinski definition) is 2. The topological polar surface area (TPSA) is 75.9 Å². The van der Waals surface area contributed by atoms with Gasteiger partial charge in [0.1, 0.15) is 5.82 Å². The van der Waals surface area contributed by atoms with Gasteiger partial charge in [-0.1, -0.05) is 0 Å². The number of alkyl halides is 3. The molecule has 0 saturated heterocycles. The Labute approximate surface area is 166 Å². The van der Waals surface area contributed by atoms with Crippen LogP contribution in [0, 0.1) is 13.8 Å². The number of halogens is 3. The lowest BCUT2D eigenvalue weighted by Gasteiger charge is -2.10. The molecule has 0 atom stereocenters. The Morgan fingerprint density at radius 2 is 1.79 bits per heavy atom. The Morgan fingerprint density at radius 1 is 1.07 bits per heavy atom. The summed E-state index contributed by atoms with van der Waals surface area (Å²) in [4.78, 5) is 8.76. The first-order valence-electron chi connectivity index (χ1n) is 9.21. The molecule has 0 aliphatic rings. The van der Waals surface area contributed by atoms with Crippen LogP contribution in [-0.4, -0.2) is 31.5 Å². The van der Waals surface area contributed by atoms with Gasteiger partial charge < -0.3 is 10.4 Å². The minimum Gasteiger partial charge on any atom is -0.396 e. The lowest BCUT2D eigenvalue weighted by molar-refractivity contribution is -0.137. The maximum Gasteiger partial charge on any atom is 0.416 e.